The topological polar surface area (TPSA) is 72.7 Å². The van der Waals surface area contributed by atoms with Gasteiger partial charge in [-0.1, -0.05) is 26.7 Å². The zero-order valence-electron chi connectivity index (χ0n) is 17.9. The molecule has 1 aliphatic heterocycles. The quantitative estimate of drug-likeness (QED) is 0.490. The zero-order chi connectivity index (χ0) is 21.1. The Labute approximate surface area is 174 Å². The summed E-state index contributed by atoms with van der Waals surface area (Å²) < 4.78 is 19.6. The molecule has 0 aliphatic carbocycles. The van der Waals surface area contributed by atoms with Gasteiger partial charge in [-0.3, -0.25) is 4.90 Å². The first-order valence-corrected chi connectivity index (χ1v) is 10.6. The summed E-state index contributed by atoms with van der Waals surface area (Å²) in [4.78, 5) is 7.06. The van der Waals surface area contributed by atoms with Crippen molar-refractivity contribution in [2.45, 2.75) is 46.2 Å². The Bertz CT molecular complexity index is 693. The Kier molecular flexibility index (Phi) is 9.89. The van der Waals surface area contributed by atoms with Crippen LogP contribution >= 0.6 is 0 Å². The highest BCUT2D eigenvalue weighted by molar-refractivity contribution is 5.79. The van der Waals surface area contributed by atoms with Crippen LogP contribution in [0.25, 0.3) is 0 Å². The van der Waals surface area contributed by atoms with Gasteiger partial charge in [0, 0.05) is 37.8 Å². The lowest BCUT2D eigenvalue weighted by atomic mass is 9.92. The minimum atomic E-state index is -0.341. The Balaban J connectivity index is 2.08. The maximum absolute atomic E-state index is 14.1. The van der Waals surface area contributed by atoms with E-state index in [4.69, 9.17) is 10.00 Å². The van der Waals surface area contributed by atoms with Crippen molar-refractivity contribution in [3.8, 4) is 6.07 Å². The average molecular weight is 404 g/mol. The molecule has 1 aromatic rings. The number of guanidine groups is 1. The fraction of sp³-hybridized carbons (Fsp3) is 0.636. The SMILES string of the molecule is CCNC(=NCc1cc(C#N)ccc1F)NCC(C(CC)CC)N1CCOCC1. The molecule has 2 rings (SSSR count). The first-order valence-electron chi connectivity index (χ1n) is 10.6. The Morgan fingerprint density at radius 3 is 2.59 bits per heavy atom. The van der Waals surface area contributed by atoms with Crippen molar-refractivity contribution in [3.63, 3.8) is 0 Å². The van der Waals surface area contributed by atoms with Crippen LogP contribution in [-0.4, -0.2) is 56.3 Å². The summed E-state index contributed by atoms with van der Waals surface area (Å²) in [6.45, 7) is 11.6. The van der Waals surface area contributed by atoms with Gasteiger partial charge in [-0.15, -0.1) is 0 Å². The molecule has 1 atom stereocenters. The molecule has 1 fully saturated rings. The van der Waals surface area contributed by atoms with E-state index in [9.17, 15) is 4.39 Å². The number of hydrogen-bond acceptors (Lipinski definition) is 4. The first-order chi connectivity index (χ1) is 14.1. The summed E-state index contributed by atoms with van der Waals surface area (Å²) in [6.07, 6.45) is 2.25. The van der Waals surface area contributed by atoms with E-state index in [0.29, 0.717) is 29.0 Å². The maximum Gasteiger partial charge on any atom is 0.191 e. The molecule has 2 N–H and O–H groups in total. The molecular weight excluding hydrogens is 369 g/mol. The number of nitrogens with zero attached hydrogens (tertiary/aromatic N) is 3. The normalized spacial score (nSPS) is 16.5. The number of benzene rings is 1. The van der Waals surface area contributed by atoms with Gasteiger partial charge in [-0.25, -0.2) is 9.38 Å². The van der Waals surface area contributed by atoms with E-state index in [1.165, 1.54) is 12.1 Å². The van der Waals surface area contributed by atoms with Gasteiger partial charge in [0.05, 0.1) is 31.4 Å². The number of hydrogen-bond donors (Lipinski definition) is 2. The van der Waals surface area contributed by atoms with E-state index in [0.717, 1.165) is 52.2 Å². The van der Waals surface area contributed by atoms with Crippen LogP contribution in [0.15, 0.2) is 23.2 Å². The monoisotopic (exact) mass is 403 g/mol. The van der Waals surface area contributed by atoms with Gasteiger partial charge in [-0.2, -0.15) is 5.26 Å². The number of aliphatic imine (C=N–C) groups is 1. The summed E-state index contributed by atoms with van der Waals surface area (Å²) in [5.41, 5.74) is 0.863. The molecule has 1 saturated heterocycles. The third kappa shape index (κ3) is 6.98. The van der Waals surface area contributed by atoms with Gasteiger partial charge in [-0.05, 0) is 31.0 Å². The maximum atomic E-state index is 14.1. The van der Waals surface area contributed by atoms with Gasteiger partial charge in [0.15, 0.2) is 5.96 Å². The van der Waals surface area contributed by atoms with Gasteiger partial charge < -0.3 is 15.4 Å². The molecule has 7 heteroatoms. The molecule has 1 unspecified atom stereocenters. The average Bonchev–Trinajstić information content (AvgIpc) is 2.76. The van der Waals surface area contributed by atoms with Gasteiger partial charge in [0.1, 0.15) is 5.82 Å². The van der Waals surface area contributed by atoms with E-state index >= 15 is 0 Å². The molecule has 1 aliphatic rings. The van der Waals surface area contributed by atoms with Crippen LogP contribution < -0.4 is 10.6 Å². The van der Waals surface area contributed by atoms with Crippen LogP contribution in [-0.2, 0) is 11.3 Å². The summed E-state index contributed by atoms with van der Waals surface area (Å²) in [5, 5.41) is 15.7. The fourth-order valence-electron chi connectivity index (χ4n) is 3.81. The van der Waals surface area contributed by atoms with E-state index in [2.05, 4.69) is 34.4 Å². The lowest BCUT2D eigenvalue weighted by Gasteiger charge is -2.39. The van der Waals surface area contributed by atoms with Crippen molar-refractivity contribution in [1.29, 1.82) is 5.26 Å². The Hall–Kier alpha value is -2.17. The summed E-state index contributed by atoms with van der Waals surface area (Å²) in [7, 11) is 0. The molecule has 29 heavy (non-hydrogen) atoms. The molecule has 6 nitrogen and oxygen atoms in total. The second kappa shape index (κ2) is 12.4. The van der Waals surface area contributed by atoms with E-state index in [1.807, 2.05) is 13.0 Å². The molecule has 0 radical (unpaired) electrons. The van der Waals surface area contributed by atoms with Gasteiger partial charge in [0.25, 0.3) is 0 Å². The molecule has 1 heterocycles. The van der Waals surface area contributed by atoms with E-state index in [1.54, 1.807) is 6.07 Å². The number of morpholine rings is 1. The van der Waals surface area contributed by atoms with Gasteiger partial charge >= 0.3 is 0 Å². The minimum absolute atomic E-state index is 0.184. The van der Waals surface area contributed by atoms with Crippen LogP contribution in [0.2, 0.25) is 0 Å². The number of ether oxygens (including phenoxy) is 1. The van der Waals surface area contributed by atoms with Crippen molar-refractivity contribution in [2.24, 2.45) is 10.9 Å². The number of nitriles is 1. The smallest absolute Gasteiger partial charge is 0.191 e. The molecule has 0 aromatic heterocycles. The Morgan fingerprint density at radius 2 is 1.97 bits per heavy atom. The van der Waals surface area contributed by atoms with Crippen molar-refractivity contribution in [1.82, 2.24) is 15.5 Å². The van der Waals surface area contributed by atoms with Crippen LogP contribution in [0.1, 0.15) is 44.7 Å². The first kappa shape index (κ1) is 23.1. The Morgan fingerprint density at radius 1 is 1.24 bits per heavy atom. The number of halogens is 1. The molecule has 0 bridgehead atoms. The van der Waals surface area contributed by atoms with E-state index in [-0.39, 0.29) is 12.4 Å². The van der Waals surface area contributed by atoms with Crippen molar-refractivity contribution < 1.29 is 9.13 Å². The second-order valence-electron chi connectivity index (χ2n) is 7.29. The third-order valence-electron chi connectivity index (χ3n) is 5.51. The molecular formula is C22H34FN5O. The highest BCUT2D eigenvalue weighted by Crippen LogP contribution is 2.19. The van der Waals surface area contributed by atoms with Crippen LogP contribution in [0.3, 0.4) is 0 Å². The lowest BCUT2D eigenvalue weighted by molar-refractivity contribution is 0.00272. The zero-order valence-corrected chi connectivity index (χ0v) is 17.9. The van der Waals surface area contributed by atoms with Crippen molar-refractivity contribution in [2.75, 3.05) is 39.4 Å². The molecule has 1 aromatic carbocycles. The molecule has 0 spiro atoms. The third-order valence-corrected chi connectivity index (χ3v) is 5.51. The number of rotatable bonds is 9. The molecule has 0 saturated carbocycles. The largest absolute Gasteiger partial charge is 0.379 e. The lowest BCUT2D eigenvalue weighted by Crippen LogP contribution is -2.53. The van der Waals surface area contributed by atoms with Crippen LogP contribution in [0, 0.1) is 23.1 Å². The predicted molar refractivity (Wildman–Crippen MR) is 114 cm³/mol. The second-order valence-corrected chi connectivity index (χ2v) is 7.29. The fourth-order valence-corrected chi connectivity index (χ4v) is 3.81. The summed E-state index contributed by atoms with van der Waals surface area (Å²) in [6, 6.07) is 6.81. The van der Waals surface area contributed by atoms with E-state index < -0.39 is 0 Å². The summed E-state index contributed by atoms with van der Waals surface area (Å²) in [5.74, 6) is 0.915. The molecule has 160 valence electrons. The van der Waals surface area contributed by atoms with Crippen LogP contribution in [0.5, 0.6) is 0 Å². The predicted octanol–water partition coefficient (Wildman–Crippen LogP) is 2.89. The highest BCUT2D eigenvalue weighted by Gasteiger charge is 2.27. The number of nitrogens with one attached hydrogen (secondary N) is 2. The highest BCUT2D eigenvalue weighted by atomic mass is 19.1. The van der Waals surface area contributed by atoms with Crippen LogP contribution in [0.4, 0.5) is 4.39 Å². The van der Waals surface area contributed by atoms with Crippen molar-refractivity contribution >= 4 is 5.96 Å². The standard InChI is InChI=1S/C22H34FN5O/c1-4-18(5-2)21(28-9-11-29-12-10-28)16-27-22(25-6-3)26-15-19-13-17(14-24)7-8-20(19)23/h7-8,13,18,21H,4-6,9-12,15-16H2,1-3H3,(H2,25,26,27). The molecule has 0 amide bonds. The van der Waals surface area contributed by atoms with Crippen molar-refractivity contribution in [3.05, 3.63) is 35.1 Å². The minimum Gasteiger partial charge on any atom is -0.379 e. The summed E-state index contributed by atoms with van der Waals surface area (Å²) >= 11 is 0. The van der Waals surface area contributed by atoms with Gasteiger partial charge in [0.2, 0.25) is 0 Å².